The van der Waals surface area contributed by atoms with Gasteiger partial charge < -0.3 is 9.15 Å². The summed E-state index contributed by atoms with van der Waals surface area (Å²) in [4.78, 5) is 15.6. The monoisotopic (exact) mass is 207 g/mol. The largest absolute Gasteiger partial charge is 0.463 e. The maximum absolute atomic E-state index is 11.5. The van der Waals surface area contributed by atoms with Gasteiger partial charge in [0.2, 0.25) is 0 Å². The molecule has 80 valence electrons. The first-order valence-corrected chi connectivity index (χ1v) is 4.82. The molecular formula is C11H13NO3. The molecule has 1 aromatic heterocycles. The lowest BCUT2D eigenvalue weighted by molar-refractivity contribution is -0.153. The molecule has 1 atom stereocenters. The van der Waals surface area contributed by atoms with Gasteiger partial charge in [0, 0.05) is 0 Å². The Morgan fingerprint density at radius 3 is 2.80 bits per heavy atom. The Labute approximate surface area is 87.9 Å². The van der Waals surface area contributed by atoms with E-state index in [2.05, 4.69) is 4.99 Å². The molecule has 0 saturated heterocycles. The first-order chi connectivity index (χ1) is 6.97. The molecule has 1 aliphatic rings. The number of carbonyl (C=O) groups is 1. The number of hydrogen-bond acceptors (Lipinski definition) is 4. The number of esters is 1. The molecule has 0 aromatic carbocycles. The average Bonchev–Trinajstić information content (AvgIpc) is 2.71. The van der Waals surface area contributed by atoms with Crippen LogP contribution in [0.3, 0.4) is 0 Å². The number of aliphatic imine (C=N–C) groups is 1. The van der Waals surface area contributed by atoms with Crippen LogP contribution in [0.15, 0.2) is 27.8 Å². The molecule has 15 heavy (non-hydrogen) atoms. The Morgan fingerprint density at radius 2 is 2.27 bits per heavy atom. The summed E-state index contributed by atoms with van der Waals surface area (Å²) in [6.07, 6.45) is 1.56. The summed E-state index contributed by atoms with van der Waals surface area (Å²) in [6.45, 7) is 5.50. The lowest BCUT2D eigenvalue weighted by Crippen LogP contribution is -2.28. The second kappa shape index (κ2) is 3.22. The molecule has 0 aliphatic carbocycles. The molecule has 4 nitrogen and oxygen atoms in total. The topological polar surface area (TPSA) is 51.8 Å². The van der Waals surface area contributed by atoms with E-state index < -0.39 is 11.6 Å². The van der Waals surface area contributed by atoms with E-state index in [-0.39, 0.29) is 5.97 Å². The second-order valence-electron chi connectivity index (χ2n) is 4.43. The van der Waals surface area contributed by atoms with Gasteiger partial charge >= 0.3 is 5.97 Å². The number of carbonyl (C=O) groups excluding carboxylic acids is 1. The van der Waals surface area contributed by atoms with Crippen molar-refractivity contribution in [3.05, 3.63) is 24.2 Å². The molecule has 0 spiro atoms. The molecule has 4 heteroatoms. The quantitative estimate of drug-likeness (QED) is 0.695. The fourth-order valence-electron chi connectivity index (χ4n) is 1.25. The van der Waals surface area contributed by atoms with E-state index in [0.29, 0.717) is 11.5 Å². The molecule has 0 saturated carbocycles. The molecular weight excluding hydrogens is 194 g/mol. The van der Waals surface area contributed by atoms with Gasteiger partial charge in [-0.15, -0.1) is 0 Å². The Morgan fingerprint density at radius 1 is 1.53 bits per heavy atom. The van der Waals surface area contributed by atoms with Crippen molar-refractivity contribution < 1.29 is 13.9 Å². The minimum absolute atomic E-state index is 0.311. The van der Waals surface area contributed by atoms with E-state index in [1.807, 2.05) is 20.8 Å². The van der Waals surface area contributed by atoms with Crippen molar-refractivity contribution in [3.8, 4) is 0 Å². The van der Waals surface area contributed by atoms with Crippen LogP contribution in [-0.4, -0.2) is 23.3 Å². The Balaban J connectivity index is 1.93. The number of ether oxygens (including phenoxy) is 1. The Bertz CT molecular complexity index is 398. The lowest BCUT2D eigenvalue weighted by atomic mass is 10.2. The van der Waals surface area contributed by atoms with Crippen LogP contribution in [0, 0.1) is 0 Å². The van der Waals surface area contributed by atoms with Crippen molar-refractivity contribution in [2.75, 3.05) is 0 Å². The second-order valence-corrected chi connectivity index (χ2v) is 4.43. The van der Waals surface area contributed by atoms with Crippen molar-refractivity contribution in [2.45, 2.75) is 32.4 Å². The molecule has 0 fully saturated rings. The molecule has 2 heterocycles. The van der Waals surface area contributed by atoms with Crippen molar-refractivity contribution >= 4 is 11.7 Å². The molecule has 0 radical (unpaired) electrons. The first kappa shape index (κ1) is 9.96. The average molecular weight is 207 g/mol. The zero-order valence-corrected chi connectivity index (χ0v) is 8.98. The van der Waals surface area contributed by atoms with Gasteiger partial charge in [-0.25, -0.2) is 4.79 Å². The van der Waals surface area contributed by atoms with E-state index >= 15 is 0 Å². The standard InChI is InChI=1S/C11H13NO3/c1-11(2,3)15-10(13)9-8(12-9)7-5-4-6-14-7/h4-6,9H,1-3H3/t9-/m0/s1. The first-order valence-electron chi connectivity index (χ1n) is 4.82. The van der Waals surface area contributed by atoms with Crippen LogP contribution in [-0.2, 0) is 9.53 Å². The number of hydrogen-bond donors (Lipinski definition) is 0. The number of furan rings is 1. The van der Waals surface area contributed by atoms with Crippen LogP contribution < -0.4 is 0 Å². The Kier molecular flexibility index (Phi) is 2.14. The van der Waals surface area contributed by atoms with E-state index in [1.54, 1.807) is 18.4 Å². The number of nitrogens with zero attached hydrogens (tertiary/aromatic N) is 1. The third-order valence-electron chi connectivity index (χ3n) is 1.86. The summed E-state index contributed by atoms with van der Waals surface area (Å²) in [5.74, 6) is 0.333. The van der Waals surface area contributed by atoms with Crippen LogP contribution in [0.1, 0.15) is 26.5 Å². The molecule has 0 amide bonds. The molecule has 0 unspecified atom stereocenters. The maximum atomic E-state index is 11.5. The Hall–Kier alpha value is -1.58. The van der Waals surface area contributed by atoms with Crippen LogP contribution in [0.5, 0.6) is 0 Å². The van der Waals surface area contributed by atoms with Crippen LogP contribution in [0.25, 0.3) is 0 Å². The highest BCUT2D eigenvalue weighted by Crippen LogP contribution is 2.23. The predicted molar refractivity (Wildman–Crippen MR) is 54.9 cm³/mol. The predicted octanol–water partition coefficient (Wildman–Crippen LogP) is 1.79. The third-order valence-corrected chi connectivity index (χ3v) is 1.86. The summed E-state index contributed by atoms with van der Waals surface area (Å²) >= 11 is 0. The highest BCUT2D eigenvalue weighted by molar-refractivity contribution is 6.23. The van der Waals surface area contributed by atoms with Crippen molar-refractivity contribution in [1.82, 2.24) is 0 Å². The van der Waals surface area contributed by atoms with E-state index in [4.69, 9.17) is 9.15 Å². The molecule has 1 aromatic rings. The summed E-state index contributed by atoms with van der Waals surface area (Å²) < 4.78 is 10.3. The van der Waals surface area contributed by atoms with Crippen LogP contribution >= 0.6 is 0 Å². The van der Waals surface area contributed by atoms with Crippen molar-refractivity contribution in [3.63, 3.8) is 0 Å². The maximum Gasteiger partial charge on any atom is 0.337 e. The van der Waals surface area contributed by atoms with E-state index in [0.717, 1.165) is 0 Å². The highest BCUT2D eigenvalue weighted by atomic mass is 16.6. The minimum atomic E-state index is -0.469. The highest BCUT2D eigenvalue weighted by Gasteiger charge is 2.40. The molecule has 0 N–H and O–H groups in total. The normalized spacial score (nSPS) is 19.7. The van der Waals surface area contributed by atoms with Crippen molar-refractivity contribution in [1.29, 1.82) is 0 Å². The summed E-state index contributed by atoms with van der Waals surface area (Å²) in [6, 6.07) is 3.08. The summed E-state index contributed by atoms with van der Waals surface area (Å²) in [5, 5.41) is 0. The smallest absolute Gasteiger partial charge is 0.337 e. The molecule has 1 aliphatic heterocycles. The van der Waals surface area contributed by atoms with E-state index in [1.165, 1.54) is 0 Å². The van der Waals surface area contributed by atoms with Gasteiger partial charge in [0.15, 0.2) is 11.8 Å². The van der Waals surface area contributed by atoms with Crippen molar-refractivity contribution in [2.24, 2.45) is 4.99 Å². The lowest BCUT2D eigenvalue weighted by Gasteiger charge is -2.18. The fraction of sp³-hybridized carbons (Fsp3) is 0.455. The number of rotatable bonds is 2. The molecule has 0 bridgehead atoms. The van der Waals surface area contributed by atoms with E-state index in [9.17, 15) is 4.79 Å². The SMILES string of the molecule is CC(C)(C)OC(=O)[C@H]1N=C1c1ccco1. The molecule has 2 rings (SSSR count). The van der Waals surface area contributed by atoms with Gasteiger partial charge in [-0.1, -0.05) is 0 Å². The zero-order valence-electron chi connectivity index (χ0n) is 8.98. The summed E-state index contributed by atoms with van der Waals surface area (Å²) in [5.41, 5.74) is 0.206. The van der Waals surface area contributed by atoms with Crippen LogP contribution in [0.2, 0.25) is 0 Å². The zero-order chi connectivity index (χ0) is 11.1. The fourth-order valence-corrected chi connectivity index (χ4v) is 1.25. The minimum Gasteiger partial charge on any atom is -0.463 e. The van der Waals surface area contributed by atoms with Gasteiger partial charge in [0.1, 0.15) is 11.3 Å². The van der Waals surface area contributed by atoms with Gasteiger partial charge in [-0.2, -0.15) is 0 Å². The van der Waals surface area contributed by atoms with Gasteiger partial charge in [-0.3, -0.25) is 4.99 Å². The third kappa shape index (κ3) is 2.26. The summed E-state index contributed by atoms with van der Waals surface area (Å²) in [7, 11) is 0. The van der Waals surface area contributed by atoms with Gasteiger partial charge in [0.25, 0.3) is 0 Å². The van der Waals surface area contributed by atoms with Crippen LogP contribution in [0.4, 0.5) is 0 Å². The van der Waals surface area contributed by atoms with Gasteiger partial charge in [0.05, 0.1) is 6.26 Å². The van der Waals surface area contributed by atoms with Gasteiger partial charge in [-0.05, 0) is 32.9 Å².